The van der Waals surface area contributed by atoms with Crippen molar-refractivity contribution in [2.45, 2.75) is 289 Å². The Bertz CT molecular complexity index is 927. The molecule has 0 aromatic carbocycles. The van der Waals surface area contributed by atoms with Crippen LogP contribution >= 0.6 is 0 Å². The summed E-state index contributed by atoms with van der Waals surface area (Å²) in [4.78, 5) is 30.7. The van der Waals surface area contributed by atoms with Crippen LogP contribution in [-0.2, 0) is 33.9 Å². The molecule has 0 heterocycles. The van der Waals surface area contributed by atoms with Gasteiger partial charge in [0.1, 0.15) is 0 Å². The first-order valence-electron chi connectivity index (χ1n) is 26.1. The van der Waals surface area contributed by atoms with Gasteiger partial charge < -0.3 is 45.0 Å². The summed E-state index contributed by atoms with van der Waals surface area (Å²) >= 11 is 0. The Hall–Kier alpha value is -1.33. The van der Waals surface area contributed by atoms with E-state index < -0.39 is 17.9 Å². The fourth-order valence-corrected chi connectivity index (χ4v) is 7.07. The van der Waals surface area contributed by atoms with Crippen LogP contribution < -0.4 is 15.3 Å². The van der Waals surface area contributed by atoms with E-state index in [1.807, 2.05) is 0 Å². The Morgan fingerprint density at radius 2 is 0.569 bits per heavy atom. The zero-order chi connectivity index (χ0) is 47.3. The normalized spacial score (nSPS) is 12.5. The topological polar surface area (TPSA) is 181 Å². The maximum absolute atomic E-state index is 10.2. The van der Waals surface area contributed by atoms with Gasteiger partial charge >= 0.3 is 17.4 Å². The molecule has 9 nitrogen and oxygen atoms in total. The molecule has 0 rings (SSSR count). The molecule has 11 heteroatoms. The minimum absolute atomic E-state index is 0. The number of carboxylic acid groups (broad SMARTS) is 3. The number of aliphatic hydroxyl groups is 3. The van der Waals surface area contributed by atoms with E-state index in [1.165, 1.54) is 57.8 Å². The summed E-state index contributed by atoms with van der Waals surface area (Å²) in [5.74, 6) is -2.82. The van der Waals surface area contributed by atoms with E-state index in [-0.39, 0.29) is 74.4 Å². The number of carbonyl (C=O) groups is 3. The van der Waals surface area contributed by atoms with Gasteiger partial charge in [-0.3, -0.25) is 0 Å². The molecule has 0 aromatic heterocycles. The van der Waals surface area contributed by atoms with Crippen LogP contribution in [0.3, 0.4) is 0 Å². The van der Waals surface area contributed by atoms with Crippen LogP contribution in [0.1, 0.15) is 271 Å². The maximum atomic E-state index is 10.2. The molecule has 0 aliphatic rings. The number of unbranched alkanes of at least 4 members (excludes halogenated alkanes) is 24. The molecule has 0 aliphatic carbocycles. The van der Waals surface area contributed by atoms with Gasteiger partial charge in [-0.2, -0.15) is 0 Å². The third-order valence-electron chi connectivity index (χ3n) is 11.2. The van der Waals surface area contributed by atoms with Crippen molar-refractivity contribution in [2.75, 3.05) is 0 Å². The van der Waals surface area contributed by atoms with Crippen molar-refractivity contribution in [1.29, 1.82) is 0 Å². The van der Waals surface area contributed by atoms with E-state index in [9.17, 15) is 45.0 Å². The smallest absolute Gasteiger partial charge is 0.550 e. The molecule has 0 amide bonds. The van der Waals surface area contributed by atoms with Crippen molar-refractivity contribution < 1.29 is 64.5 Å². The molecule has 0 aliphatic heterocycles. The van der Waals surface area contributed by atoms with Crippen LogP contribution in [0.25, 0.3) is 0 Å². The van der Waals surface area contributed by atoms with E-state index in [2.05, 4.69) is 57.2 Å². The predicted molar refractivity (Wildman–Crippen MR) is 263 cm³/mol. The third-order valence-corrected chi connectivity index (χ3v) is 11.2. The number of aliphatic carboxylic acids is 3. The second-order valence-corrected chi connectivity index (χ2v) is 17.7. The number of allylic oxidation sites excluding steroid dienone is 3. The number of hydrogen-bond acceptors (Lipinski definition) is 9. The molecule has 0 spiro atoms. The summed E-state index contributed by atoms with van der Waals surface area (Å²) < 4.78 is 0. The van der Waals surface area contributed by atoms with Crippen LogP contribution in [0.2, 0.25) is 0 Å². The summed E-state index contributed by atoms with van der Waals surface area (Å²) in [5.41, 5.74) is 0. The summed E-state index contributed by atoms with van der Waals surface area (Å²) in [5, 5.41) is 60.0. The Morgan fingerprint density at radius 1 is 0.354 bits per heavy atom. The first-order chi connectivity index (χ1) is 30.5. The summed E-state index contributed by atoms with van der Waals surface area (Å²) in [6, 6.07) is 0. The van der Waals surface area contributed by atoms with E-state index >= 15 is 0 Å². The van der Waals surface area contributed by atoms with Crippen LogP contribution in [0.5, 0.6) is 0 Å². The Labute approximate surface area is 423 Å². The minimum Gasteiger partial charge on any atom is -0.550 e. The SMILES string of the molecule is CCCCCC[C@@H](O)C/C=C\CCCCCCCC(=O)[O-].CCCCCC[C@@H](O)C/C=C\CCCCCCCC(=O)[O-].CCCCCC[C@@H](O)C/C=C\CCCCCCCC(=O)[O-].[Al+3].[Zn]. The first-order valence-corrected chi connectivity index (χ1v) is 26.1. The van der Waals surface area contributed by atoms with Gasteiger partial charge in [-0.1, -0.05) is 192 Å². The molecule has 0 fully saturated rings. The quantitative estimate of drug-likeness (QED) is 0.0304. The second kappa shape index (κ2) is 62.7. The van der Waals surface area contributed by atoms with Crippen LogP contribution in [-0.4, -0.2) is 68.9 Å². The largest absolute Gasteiger partial charge is 3.00 e. The number of rotatable bonds is 45. The second-order valence-electron chi connectivity index (χ2n) is 17.7. The number of hydrogen-bond donors (Lipinski definition) is 3. The van der Waals surface area contributed by atoms with Crippen LogP contribution in [0, 0.1) is 0 Å². The molecule has 0 saturated heterocycles. The van der Waals surface area contributed by atoms with Crippen molar-refractivity contribution in [3.8, 4) is 0 Å². The van der Waals surface area contributed by atoms with E-state index in [0.717, 1.165) is 173 Å². The van der Waals surface area contributed by atoms with E-state index in [0.29, 0.717) is 0 Å². The molecule has 65 heavy (non-hydrogen) atoms. The van der Waals surface area contributed by atoms with E-state index in [1.54, 1.807) is 0 Å². The van der Waals surface area contributed by atoms with Gasteiger partial charge in [-0.05, 0) is 116 Å². The maximum Gasteiger partial charge on any atom is 3.00 e. The van der Waals surface area contributed by atoms with E-state index in [4.69, 9.17) is 0 Å². The Kier molecular flexibility index (Phi) is 70.0. The fourth-order valence-electron chi connectivity index (χ4n) is 7.07. The minimum atomic E-state index is -0.939. The Morgan fingerprint density at radius 3 is 0.800 bits per heavy atom. The number of carbonyl (C=O) groups excluding carboxylic acids is 3. The number of aliphatic hydroxyl groups excluding tert-OH is 3. The van der Waals surface area contributed by atoms with Gasteiger partial charge in [0.15, 0.2) is 0 Å². The number of carboxylic acids is 3. The van der Waals surface area contributed by atoms with Gasteiger partial charge in [-0.25, -0.2) is 0 Å². The van der Waals surface area contributed by atoms with Crippen molar-refractivity contribution in [3.63, 3.8) is 0 Å². The fraction of sp³-hybridized carbons (Fsp3) is 0.833. The molecular formula is C54H99AlO9Zn. The Balaban J connectivity index is -0.000000273. The van der Waals surface area contributed by atoms with Crippen LogP contribution in [0.15, 0.2) is 36.5 Å². The zero-order valence-corrected chi connectivity index (χ0v) is 46.5. The molecule has 0 bridgehead atoms. The molecular weight excluding hydrogens is 885 g/mol. The third kappa shape index (κ3) is 74.4. The van der Waals surface area contributed by atoms with Gasteiger partial charge in [0, 0.05) is 37.4 Å². The molecule has 0 radical (unpaired) electrons. The van der Waals surface area contributed by atoms with Crippen molar-refractivity contribution in [3.05, 3.63) is 36.5 Å². The van der Waals surface area contributed by atoms with Crippen LogP contribution in [0.4, 0.5) is 0 Å². The zero-order valence-electron chi connectivity index (χ0n) is 42.3. The summed E-state index contributed by atoms with van der Waals surface area (Å²) in [6.07, 6.45) is 51.0. The van der Waals surface area contributed by atoms with Crippen molar-refractivity contribution >= 4 is 35.3 Å². The van der Waals surface area contributed by atoms with Gasteiger partial charge in [0.2, 0.25) is 0 Å². The standard InChI is InChI=1S/3C18H34O3.Al.Zn/c3*1-2-3-4-11-14-17(19)15-12-9-7-5-6-8-10-13-16-18(20)21;;/h3*9,12,17,19H,2-8,10-11,13-16H2,1H3,(H,20,21);;/q;;;+3;/p-3/b3*12-9-;;/t3*17-;;/m111../s1. The summed E-state index contributed by atoms with van der Waals surface area (Å²) in [7, 11) is 0. The predicted octanol–water partition coefficient (Wildman–Crippen LogP) is 10.9. The molecule has 374 valence electrons. The summed E-state index contributed by atoms with van der Waals surface area (Å²) in [6.45, 7) is 6.59. The van der Waals surface area contributed by atoms with Crippen molar-refractivity contribution in [1.82, 2.24) is 0 Å². The average Bonchev–Trinajstić information content (AvgIpc) is 3.24. The van der Waals surface area contributed by atoms with Crippen molar-refractivity contribution in [2.24, 2.45) is 0 Å². The van der Waals surface area contributed by atoms with Gasteiger partial charge in [-0.15, -0.1) is 0 Å². The van der Waals surface area contributed by atoms with Gasteiger partial charge in [0.25, 0.3) is 0 Å². The molecule has 0 unspecified atom stereocenters. The molecule has 3 N–H and O–H groups in total. The molecule has 3 atom stereocenters. The first kappa shape index (κ1) is 72.6. The monoisotopic (exact) mass is 983 g/mol. The van der Waals surface area contributed by atoms with Gasteiger partial charge in [0.05, 0.1) is 18.3 Å². The average molecular weight is 985 g/mol. The molecule has 0 aromatic rings. The molecule has 0 saturated carbocycles.